The van der Waals surface area contributed by atoms with Crippen LogP contribution in [-0.2, 0) is 5.60 Å². The Labute approximate surface area is 134 Å². The summed E-state index contributed by atoms with van der Waals surface area (Å²) in [5, 5.41) is 11.1. The molecule has 1 heterocycles. The van der Waals surface area contributed by atoms with Crippen LogP contribution in [0.1, 0.15) is 39.2 Å². The van der Waals surface area contributed by atoms with Crippen molar-refractivity contribution >= 4 is 0 Å². The lowest BCUT2D eigenvalue weighted by atomic mass is 9.83. The summed E-state index contributed by atoms with van der Waals surface area (Å²) in [6, 6.07) is 5.67. The summed E-state index contributed by atoms with van der Waals surface area (Å²) in [6.07, 6.45) is 1.47. The van der Waals surface area contributed by atoms with Crippen LogP contribution in [-0.4, -0.2) is 43.9 Å². The quantitative estimate of drug-likeness (QED) is 0.928. The molecule has 0 bridgehead atoms. The Morgan fingerprint density at radius 3 is 1.95 bits per heavy atom. The Balaban J connectivity index is 2.13. The molecule has 22 heavy (non-hydrogen) atoms. The number of aliphatic hydroxyl groups is 1. The lowest BCUT2D eigenvalue weighted by molar-refractivity contribution is -0.0320. The van der Waals surface area contributed by atoms with Crippen molar-refractivity contribution in [3.8, 4) is 11.5 Å². The third-order valence-electron chi connectivity index (χ3n) is 4.27. The third-order valence-corrected chi connectivity index (χ3v) is 4.27. The van der Waals surface area contributed by atoms with Crippen LogP contribution in [0.4, 0.5) is 0 Å². The van der Waals surface area contributed by atoms with Gasteiger partial charge in [-0.2, -0.15) is 0 Å². The van der Waals surface area contributed by atoms with Gasteiger partial charge < -0.3 is 19.5 Å². The zero-order valence-corrected chi connectivity index (χ0v) is 14.5. The summed E-state index contributed by atoms with van der Waals surface area (Å²) in [4.78, 5) is 2.44. The average Bonchev–Trinajstić information content (AvgIpc) is 2.48. The summed E-state index contributed by atoms with van der Waals surface area (Å²) >= 11 is 0. The molecule has 1 aromatic carbocycles. The second-order valence-corrected chi connectivity index (χ2v) is 7.47. The number of ether oxygens (including phenoxy) is 2. The minimum Gasteiger partial charge on any atom is -0.497 e. The Bertz CT molecular complexity index is 477. The molecular weight excluding hydrogens is 278 g/mol. The summed E-state index contributed by atoms with van der Waals surface area (Å²) < 4.78 is 10.6. The first kappa shape index (κ1) is 17.1. The maximum atomic E-state index is 11.1. The van der Waals surface area contributed by atoms with E-state index in [1.54, 1.807) is 14.2 Å². The Hall–Kier alpha value is -1.26. The van der Waals surface area contributed by atoms with E-state index in [1.165, 1.54) is 0 Å². The lowest BCUT2D eigenvalue weighted by Crippen LogP contribution is -2.45. The zero-order valence-electron chi connectivity index (χ0n) is 14.5. The van der Waals surface area contributed by atoms with Gasteiger partial charge in [-0.3, -0.25) is 0 Å². The minimum atomic E-state index is -0.795. The van der Waals surface area contributed by atoms with Gasteiger partial charge in [-0.1, -0.05) is 20.8 Å². The number of methoxy groups -OCH3 is 2. The Morgan fingerprint density at radius 1 is 1.05 bits per heavy atom. The zero-order chi connectivity index (χ0) is 16.4. The van der Waals surface area contributed by atoms with Gasteiger partial charge in [-0.05, 0) is 36.0 Å². The molecule has 0 aromatic heterocycles. The van der Waals surface area contributed by atoms with Gasteiger partial charge in [0.05, 0.1) is 19.8 Å². The molecule has 0 radical (unpaired) electrons. The van der Waals surface area contributed by atoms with Crippen LogP contribution >= 0.6 is 0 Å². The lowest BCUT2D eigenvalue weighted by Gasteiger charge is -2.40. The van der Waals surface area contributed by atoms with Crippen molar-refractivity contribution in [1.82, 2.24) is 4.90 Å². The molecule has 1 N–H and O–H groups in total. The van der Waals surface area contributed by atoms with E-state index in [1.807, 2.05) is 18.2 Å². The Morgan fingerprint density at radius 2 is 1.55 bits per heavy atom. The van der Waals surface area contributed by atoms with Gasteiger partial charge >= 0.3 is 0 Å². The van der Waals surface area contributed by atoms with Crippen LogP contribution in [0.5, 0.6) is 11.5 Å². The smallest absolute Gasteiger partial charge is 0.122 e. The molecule has 0 unspecified atom stereocenters. The topological polar surface area (TPSA) is 41.9 Å². The van der Waals surface area contributed by atoms with E-state index in [2.05, 4.69) is 25.7 Å². The summed E-state index contributed by atoms with van der Waals surface area (Å²) in [5.41, 5.74) is 0.379. The number of benzene rings is 1. The first-order valence-electron chi connectivity index (χ1n) is 7.94. The number of hydrogen-bond donors (Lipinski definition) is 1. The second-order valence-electron chi connectivity index (χ2n) is 7.47. The van der Waals surface area contributed by atoms with E-state index in [4.69, 9.17) is 9.47 Å². The predicted molar refractivity (Wildman–Crippen MR) is 88.6 cm³/mol. The fourth-order valence-electron chi connectivity index (χ4n) is 3.12. The van der Waals surface area contributed by atoms with Crippen molar-refractivity contribution in [3.63, 3.8) is 0 Å². The highest BCUT2D eigenvalue weighted by Gasteiger charge is 2.35. The van der Waals surface area contributed by atoms with Gasteiger partial charge in [0, 0.05) is 25.7 Å². The normalized spacial score (nSPS) is 19.0. The molecule has 1 aliphatic heterocycles. The van der Waals surface area contributed by atoms with E-state index in [0.29, 0.717) is 0 Å². The van der Waals surface area contributed by atoms with Gasteiger partial charge in [0.2, 0.25) is 0 Å². The fraction of sp³-hybridized carbons (Fsp3) is 0.667. The fourth-order valence-corrected chi connectivity index (χ4v) is 3.12. The molecular formula is C18H29NO3. The number of hydrogen-bond acceptors (Lipinski definition) is 4. The molecule has 0 spiro atoms. The summed E-state index contributed by atoms with van der Waals surface area (Å²) in [7, 11) is 3.27. The highest BCUT2D eigenvalue weighted by molar-refractivity contribution is 5.41. The van der Waals surface area contributed by atoms with Crippen molar-refractivity contribution in [2.45, 2.75) is 39.2 Å². The van der Waals surface area contributed by atoms with Gasteiger partial charge in [-0.15, -0.1) is 0 Å². The van der Waals surface area contributed by atoms with E-state index < -0.39 is 5.60 Å². The molecule has 0 aliphatic carbocycles. The third kappa shape index (κ3) is 4.14. The van der Waals surface area contributed by atoms with Gasteiger partial charge in [-0.25, -0.2) is 0 Å². The van der Waals surface area contributed by atoms with Crippen molar-refractivity contribution in [2.24, 2.45) is 5.41 Å². The SMILES string of the molecule is COc1cc(OC)cc(C2(O)CCN(CC(C)(C)C)CC2)c1. The summed E-state index contributed by atoms with van der Waals surface area (Å²) in [6.45, 7) is 9.63. The number of nitrogens with zero attached hydrogens (tertiary/aromatic N) is 1. The number of piperidine rings is 1. The van der Waals surface area contributed by atoms with Crippen LogP contribution < -0.4 is 9.47 Å². The van der Waals surface area contributed by atoms with E-state index >= 15 is 0 Å². The van der Waals surface area contributed by atoms with E-state index in [9.17, 15) is 5.11 Å². The van der Waals surface area contributed by atoms with Gasteiger partial charge in [0.15, 0.2) is 0 Å². The average molecular weight is 307 g/mol. The first-order chi connectivity index (χ1) is 10.3. The molecule has 1 aliphatic rings. The van der Waals surface area contributed by atoms with Crippen LogP contribution in [0.2, 0.25) is 0 Å². The second kappa shape index (κ2) is 6.47. The van der Waals surface area contributed by atoms with Crippen LogP contribution in [0.15, 0.2) is 18.2 Å². The number of likely N-dealkylation sites (tertiary alicyclic amines) is 1. The first-order valence-corrected chi connectivity index (χ1v) is 7.94. The maximum Gasteiger partial charge on any atom is 0.122 e. The molecule has 124 valence electrons. The molecule has 1 fully saturated rings. The van der Waals surface area contributed by atoms with Crippen molar-refractivity contribution in [2.75, 3.05) is 33.9 Å². The van der Waals surface area contributed by atoms with Crippen molar-refractivity contribution in [3.05, 3.63) is 23.8 Å². The maximum absolute atomic E-state index is 11.1. The monoisotopic (exact) mass is 307 g/mol. The molecule has 2 rings (SSSR count). The highest BCUT2D eigenvalue weighted by Crippen LogP contribution is 2.37. The molecule has 0 saturated carbocycles. The molecule has 4 nitrogen and oxygen atoms in total. The molecule has 1 aromatic rings. The molecule has 1 saturated heterocycles. The number of rotatable bonds is 4. The van der Waals surface area contributed by atoms with Gasteiger partial charge in [0.1, 0.15) is 11.5 Å². The van der Waals surface area contributed by atoms with Crippen LogP contribution in [0, 0.1) is 5.41 Å². The van der Waals surface area contributed by atoms with Crippen molar-refractivity contribution in [1.29, 1.82) is 0 Å². The van der Waals surface area contributed by atoms with Gasteiger partial charge in [0.25, 0.3) is 0 Å². The summed E-state index contributed by atoms with van der Waals surface area (Å²) in [5.74, 6) is 1.44. The predicted octanol–water partition coefficient (Wildman–Crippen LogP) is 3.03. The van der Waals surface area contributed by atoms with Crippen LogP contribution in [0.3, 0.4) is 0 Å². The molecule has 4 heteroatoms. The molecule has 0 atom stereocenters. The van der Waals surface area contributed by atoms with Crippen molar-refractivity contribution < 1.29 is 14.6 Å². The van der Waals surface area contributed by atoms with E-state index in [-0.39, 0.29) is 5.41 Å². The minimum absolute atomic E-state index is 0.286. The largest absolute Gasteiger partial charge is 0.497 e. The van der Waals surface area contributed by atoms with Crippen LogP contribution in [0.25, 0.3) is 0 Å². The van der Waals surface area contributed by atoms with E-state index in [0.717, 1.165) is 49.5 Å². The highest BCUT2D eigenvalue weighted by atomic mass is 16.5. The standard InChI is InChI=1S/C18H29NO3/c1-17(2,3)13-19-8-6-18(20,7-9-19)14-10-15(21-4)12-16(11-14)22-5/h10-12,20H,6-9,13H2,1-5H3. The molecule has 0 amide bonds. The Kier molecular flexibility index (Phi) is 5.03.